The largest absolute Gasteiger partial charge is 0.376 e. The van der Waals surface area contributed by atoms with Gasteiger partial charge in [0.15, 0.2) is 5.78 Å². The lowest BCUT2D eigenvalue weighted by Crippen LogP contribution is -2.43. The van der Waals surface area contributed by atoms with Crippen LogP contribution >= 0.6 is 0 Å². The van der Waals surface area contributed by atoms with E-state index in [0.717, 1.165) is 6.42 Å². The van der Waals surface area contributed by atoms with Crippen LogP contribution in [0, 0.1) is 5.92 Å². The Balaban J connectivity index is 1.58. The van der Waals surface area contributed by atoms with Crippen molar-refractivity contribution in [2.45, 2.75) is 38.3 Å². The van der Waals surface area contributed by atoms with Gasteiger partial charge in [-0.15, -0.1) is 0 Å². The number of carbonyl (C=O) groups excluding carboxylic acids is 2. The molecule has 5 heteroatoms. The molecule has 0 spiro atoms. The van der Waals surface area contributed by atoms with Crippen molar-refractivity contribution in [1.82, 2.24) is 5.32 Å². The van der Waals surface area contributed by atoms with E-state index in [9.17, 15) is 9.59 Å². The molecule has 2 unspecified atom stereocenters. The number of anilines is 1. The molecule has 0 aromatic heterocycles. The number of ether oxygens (including phenoxy) is 1. The zero-order valence-electron chi connectivity index (χ0n) is 12.1. The number of hydrogen-bond acceptors (Lipinski definition) is 3. The number of hydrogen-bond donors (Lipinski definition) is 2. The Morgan fingerprint density at radius 1 is 1.24 bits per heavy atom. The minimum Gasteiger partial charge on any atom is -0.376 e. The van der Waals surface area contributed by atoms with E-state index in [2.05, 4.69) is 10.6 Å². The molecule has 5 nitrogen and oxygen atoms in total. The Hall–Kier alpha value is -1.88. The summed E-state index contributed by atoms with van der Waals surface area (Å²) in [5.41, 5.74) is 1.22. The van der Waals surface area contributed by atoms with Crippen molar-refractivity contribution in [3.63, 3.8) is 0 Å². The molecule has 0 radical (unpaired) electrons. The topological polar surface area (TPSA) is 67.4 Å². The molecule has 2 aliphatic rings. The maximum Gasteiger partial charge on any atom is 0.319 e. The predicted molar refractivity (Wildman–Crippen MR) is 79.5 cm³/mol. The van der Waals surface area contributed by atoms with Crippen LogP contribution in [-0.4, -0.2) is 30.6 Å². The van der Waals surface area contributed by atoms with Crippen LogP contribution in [0.15, 0.2) is 24.3 Å². The molecule has 21 heavy (non-hydrogen) atoms. The normalized spacial score (nSPS) is 24.6. The number of Topliss-reactive ketones (excluding diaryl/α,β-unsaturated/α-hetero) is 1. The van der Waals surface area contributed by atoms with Crippen molar-refractivity contribution in [2.75, 3.05) is 11.9 Å². The van der Waals surface area contributed by atoms with Crippen molar-refractivity contribution in [3.05, 3.63) is 29.8 Å². The van der Waals surface area contributed by atoms with Crippen molar-refractivity contribution >= 4 is 17.5 Å². The third-order valence-corrected chi connectivity index (χ3v) is 4.07. The highest BCUT2D eigenvalue weighted by molar-refractivity contribution is 5.96. The van der Waals surface area contributed by atoms with E-state index in [0.29, 0.717) is 23.8 Å². The first kappa shape index (κ1) is 14.1. The van der Waals surface area contributed by atoms with Gasteiger partial charge in [-0.25, -0.2) is 4.79 Å². The molecule has 2 atom stereocenters. The number of carbonyl (C=O) groups is 2. The highest BCUT2D eigenvalue weighted by Crippen LogP contribution is 2.38. The van der Waals surface area contributed by atoms with Crippen LogP contribution in [0.5, 0.6) is 0 Å². The number of ketones is 1. The Bertz CT molecular complexity index is 554. The van der Waals surface area contributed by atoms with Crippen LogP contribution in [0.1, 0.15) is 36.5 Å². The fourth-order valence-corrected chi connectivity index (χ4v) is 2.81. The maximum absolute atomic E-state index is 12.1. The SMILES string of the molecule is CC(=O)c1cccc(NC(=O)NC2CCOC2C2CC2)c1. The molecule has 3 rings (SSSR count). The highest BCUT2D eigenvalue weighted by atomic mass is 16.5. The first-order valence-electron chi connectivity index (χ1n) is 7.43. The lowest BCUT2D eigenvalue weighted by molar-refractivity contribution is 0.0829. The first-order chi connectivity index (χ1) is 10.1. The van der Waals surface area contributed by atoms with Crippen molar-refractivity contribution in [2.24, 2.45) is 5.92 Å². The fourth-order valence-electron chi connectivity index (χ4n) is 2.81. The Labute approximate surface area is 124 Å². The quantitative estimate of drug-likeness (QED) is 0.837. The summed E-state index contributed by atoms with van der Waals surface area (Å²) >= 11 is 0. The van der Waals surface area contributed by atoms with Gasteiger partial charge in [0.25, 0.3) is 0 Å². The second kappa shape index (κ2) is 5.85. The molecule has 1 aromatic carbocycles. The maximum atomic E-state index is 12.1. The summed E-state index contributed by atoms with van der Waals surface area (Å²) in [7, 11) is 0. The number of urea groups is 1. The summed E-state index contributed by atoms with van der Waals surface area (Å²) in [6, 6.07) is 6.81. The second-order valence-corrected chi connectivity index (χ2v) is 5.80. The van der Waals surface area contributed by atoms with Crippen LogP contribution in [0.3, 0.4) is 0 Å². The molecular formula is C16H20N2O3. The molecule has 2 N–H and O–H groups in total. The van der Waals surface area contributed by atoms with Crippen LogP contribution in [0.4, 0.5) is 10.5 Å². The van der Waals surface area contributed by atoms with Gasteiger partial charge in [0.05, 0.1) is 12.1 Å². The van der Waals surface area contributed by atoms with Crippen molar-refractivity contribution < 1.29 is 14.3 Å². The van der Waals surface area contributed by atoms with Crippen LogP contribution in [0.2, 0.25) is 0 Å². The van der Waals surface area contributed by atoms with Gasteiger partial charge in [-0.05, 0) is 44.2 Å². The Kier molecular flexibility index (Phi) is 3.92. The minimum atomic E-state index is -0.239. The monoisotopic (exact) mass is 288 g/mol. The molecule has 1 saturated heterocycles. The summed E-state index contributed by atoms with van der Waals surface area (Å²) in [6.45, 7) is 2.22. The second-order valence-electron chi connectivity index (χ2n) is 5.80. The lowest BCUT2D eigenvalue weighted by atomic mass is 10.1. The molecule has 1 heterocycles. The fraction of sp³-hybridized carbons (Fsp3) is 0.500. The van der Waals surface area contributed by atoms with Gasteiger partial charge in [0.2, 0.25) is 0 Å². The molecule has 1 aliphatic heterocycles. The van der Waals surface area contributed by atoms with Gasteiger partial charge in [0, 0.05) is 17.9 Å². The van der Waals surface area contributed by atoms with Crippen molar-refractivity contribution in [1.29, 1.82) is 0 Å². The van der Waals surface area contributed by atoms with E-state index in [4.69, 9.17) is 4.74 Å². The zero-order valence-corrected chi connectivity index (χ0v) is 12.1. The van der Waals surface area contributed by atoms with Gasteiger partial charge >= 0.3 is 6.03 Å². The Morgan fingerprint density at radius 3 is 2.76 bits per heavy atom. The number of amides is 2. The van der Waals surface area contributed by atoms with E-state index < -0.39 is 0 Å². The lowest BCUT2D eigenvalue weighted by Gasteiger charge is -2.19. The van der Waals surface area contributed by atoms with E-state index in [1.165, 1.54) is 19.8 Å². The van der Waals surface area contributed by atoms with Crippen molar-refractivity contribution in [3.8, 4) is 0 Å². The summed E-state index contributed by atoms with van der Waals surface area (Å²) < 4.78 is 5.70. The summed E-state index contributed by atoms with van der Waals surface area (Å²) in [5, 5.41) is 5.77. The minimum absolute atomic E-state index is 0.0166. The smallest absolute Gasteiger partial charge is 0.319 e. The molecule has 1 aliphatic carbocycles. The predicted octanol–water partition coefficient (Wildman–Crippen LogP) is 2.58. The Morgan fingerprint density at radius 2 is 2.05 bits per heavy atom. The van der Waals surface area contributed by atoms with E-state index >= 15 is 0 Å². The average Bonchev–Trinajstić information content (AvgIpc) is 3.19. The van der Waals surface area contributed by atoms with Gasteiger partial charge < -0.3 is 15.4 Å². The van der Waals surface area contributed by atoms with Gasteiger partial charge in [-0.1, -0.05) is 12.1 Å². The standard InChI is InChI=1S/C16H20N2O3/c1-10(19)12-3-2-4-13(9-12)17-16(20)18-14-7-8-21-15(14)11-5-6-11/h2-4,9,11,14-15H,5-8H2,1H3,(H2,17,18,20). The molecule has 0 bridgehead atoms. The van der Waals surface area contributed by atoms with Crippen LogP contribution in [-0.2, 0) is 4.74 Å². The summed E-state index contributed by atoms with van der Waals surface area (Å²) in [4.78, 5) is 23.4. The number of rotatable bonds is 4. The van der Waals surface area contributed by atoms with Gasteiger partial charge in [-0.2, -0.15) is 0 Å². The zero-order chi connectivity index (χ0) is 14.8. The average molecular weight is 288 g/mol. The third kappa shape index (κ3) is 3.42. The highest BCUT2D eigenvalue weighted by Gasteiger charge is 2.41. The molecular weight excluding hydrogens is 268 g/mol. The molecule has 1 aromatic rings. The van der Waals surface area contributed by atoms with E-state index in [-0.39, 0.29) is 24.0 Å². The van der Waals surface area contributed by atoms with Crippen LogP contribution < -0.4 is 10.6 Å². The van der Waals surface area contributed by atoms with Crippen LogP contribution in [0.25, 0.3) is 0 Å². The van der Waals surface area contributed by atoms with E-state index in [1.807, 2.05) is 0 Å². The summed E-state index contributed by atoms with van der Waals surface area (Å²) in [6.07, 6.45) is 3.43. The molecule has 112 valence electrons. The third-order valence-electron chi connectivity index (χ3n) is 4.07. The number of benzene rings is 1. The van der Waals surface area contributed by atoms with Gasteiger partial charge in [-0.3, -0.25) is 4.79 Å². The van der Waals surface area contributed by atoms with E-state index in [1.54, 1.807) is 24.3 Å². The molecule has 1 saturated carbocycles. The molecule has 2 amide bonds. The summed E-state index contributed by atoms with van der Waals surface area (Å²) in [5.74, 6) is 0.593. The molecule has 2 fully saturated rings. The first-order valence-corrected chi connectivity index (χ1v) is 7.43. The number of nitrogens with one attached hydrogen (secondary N) is 2. The van der Waals surface area contributed by atoms with Gasteiger partial charge in [0.1, 0.15) is 0 Å².